The molecule has 1 aromatic heterocycles. The minimum atomic E-state index is -0.676. The zero-order valence-corrected chi connectivity index (χ0v) is 11.9. The Hall–Kier alpha value is -1.69. The predicted molar refractivity (Wildman–Crippen MR) is 74.8 cm³/mol. The highest BCUT2D eigenvalue weighted by Gasteiger charge is 2.28. The van der Waals surface area contributed by atoms with E-state index in [1.165, 1.54) is 25.1 Å². The van der Waals surface area contributed by atoms with Crippen molar-refractivity contribution in [3.8, 4) is 0 Å². The van der Waals surface area contributed by atoms with Gasteiger partial charge in [-0.25, -0.2) is 4.98 Å². The number of halogens is 1. The van der Waals surface area contributed by atoms with Crippen LogP contribution >= 0.6 is 11.6 Å². The second-order valence-corrected chi connectivity index (χ2v) is 5.42. The van der Waals surface area contributed by atoms with Crippen molar-refractivity contribution in [2.75, 3.05) is 0 Å². The molecule has 6 nitrogen and oxygen atoms in total. The molecule has 1 N–H and O–H groups in total. The van der Waals surface area contributed by atoms with Crippen molar-refractivity contribution in [2.45, 2.75) is 38.6 Å². The summed E-state index contributed by atoms with van der Waals surface area (Å²) in [5.41, 5.74) is -0.481. The molecule has 0 saturated heterocycles. The number of carbonyl (C=O) groups is 1. The number of amides is 1. The molecule has 1 fully saturated rings. The fourth-order valence-corrected chi connectivity index (χ4v) is 2.87. The van der Waals surface area contributed by atoms with Crippen LogP contribution in [0.3, 0.4) is 0 Å². The van der Waals surface area contributed by atoms with Crippen LogP contribution < -0.4 is 5.32 Å². The van der Waals surface area contributed by atoms with Crippen LogP contribution in [0.25, 0.3) is 0 Å². The number of nitrogens with one attached hydrogen (secondary N) is 1. The van der Waals surface area contributed by atoms with Crippen molar-refractivity contribution in [1.29, 1.82) is 0 Å². The molecule has 1 saturated carbocycles. The molecule has 0 aromatic carbocycles. The second kappa shape index (κ2) is 6.17. The van der Waals surface area contributed by atoms with Crippen molar-refractivity contribution in [2.24, 2.45) is 5.92 Å². The maximum Gasteiger partial charge on any atom is 0.319 e. The van der Waals surface area contributed by atoms with Crippen LogP contribution in [-0.4, -0.2) is 21.9 Å². The number of pyridine rings is 1. The average Bonchev–Trinajstić information content (AvgIpc) is 2.91. The molecule has 2 rings (SSSR count). The molecule has 1 amide bonds. The van der Waals surface area contributed by atoms with Gasteiger partial charge in [0.15, 0.2) is 0 Å². The Labute approximate surface area is 121 Å². The summed E-state index contributed by atoms with van der Waals surface area (Å²) in [7, 11) is 0. The molecule has 0 radical (unpaired) electrons. The summed E-state index contributed by atoms with van der Waals surface area (Å²) >= 11 is 5.70. The standard InChI is InChI=1S/C13H16ClN3O3/c1-8(9-4-2-3-5-9)16-13(18)10-6-7-15-12(14)11(10)17(19)20/h6-9H,2-5H2,1H3,(H,16,18). The molecule has 1 aliphatic rings. The van der Waals surface area contributed by atoms with Gasteiger partial charge < -0.3 is 5.32 Å². The molecule has 7 heteroatoms. The molecule has 1 unspecified atom stereocenters. The Balaban J connectivity index is 2.16. The number of nitrogens with zero attached hydrogens (tertiary/aromatic N) is 2. The first kappa shape index (κ1) is 14.7. The van der Waals surface area contributed by atoms with E-state index in [0.29, 0.717) is 5.92 Å². The number of hydrogen-bond acceptors (Lipinski definition) is 4. The van der Waals surface area contributed by atoms with Gasteiger partial charge >= 0.3 is 5.69 Å². The summed E-state index contributed by atoms with van der Waals surface area (Å²) in [5.74, 6) is -0.0317. The summed E-state index contributed by atoms with van der Waals surface area (Å²) in [4.78, 5) is 26.1. The first-order valence-corrected chi connectivity index (χ1v) is 6.98. The first-order chi connectivity index (χ1) is 9.50. The third-order valence-electron chi connectivity index (χ3n) is 3.77. The van der Waals surface area contributed by atoms with Crippen LogP contribution in [0, 0.1) is 16.0 Å². The highest BCUT2D eigenvalue weighted by Crippen LogP contribution is 2.29. The van der Waals surface area contributed by atoms with Gasteiger partial charge in [-0.15, -0.1) is 0 Å². The van der Waals surface area contributed by atoms with Crippen LogP contribution in [0.4, 0.5) is 5.69 Å². The predicted octanol–water partition coefficient (Wildman–Crippen LogP) is 2.95. The Morgan fingerprint density at radius 1 is 1.55 bits per heavy atom. The van der Waals surface area contributed by atoms with Gasteiger partial charge in [-0.2, -0.15) is 0 Å². The third kappa shape index (κ3) is 3.07. The van der Waals surface area contributed by atoms with Crippen molar-refractivity contribution < 1.29 is 9.72 Å². The van der Waals surface area contributed by atoms with Gasteiger partial charge in [0, 0.05) is 12.2 Å². The van der Waals surface area contributed by atoms with Gasteiger partial charge in [0.05, 0.1) is 4.92 Å². The molecular formula is C13H16ClN3O3. The zero-order chi connectivity index (χ0) is 14.7. The zero-order valence-electron chi connectivity index (χ0n) is 11.1. The average molecular weight is 298 g/mol. The summed E-state index contributed by atoms with van der Waals surface area (Å²) in [6, 6.07) is 1.32. The SMILES string of the molecule is CC(NC(=O)c1ccnc(Cl)c1[N+](=O)[O-])C1CCCC1. The van der Waals surface area contributed by atoms with Gasteiger partial charge in [-0.3, -0.25) is 14.9 Å². The molecule has 1 atom stereocenters. The summed E-state index contributed by atoms with van der Waals surface area (Å²) < 4.78 is 0. The highest BCUT2D eigenvalue weighted by molar-refractivity contribution is 6.32. The lowest BCUT2D eigenvalue weighted by Crippen LogP contribution is -2.37. The molecule has 108 valence electrons. The fraction of sp³-hybridized carbons (Fsp3) is 0.538. The molecule has 0 aliphatic heterocycles. The molecular weight excluding hydrogens is 282 g/mol. The van der Waals surface area contributed by atoms with E-state index in [4.69, 9.17) is 11.6 Å². The minimum Gasteiger partial charge on any atom is -0.349 e. The number of hydrogen-bond donors (Lipinski definition) is 1. The highest BCUT2D eigenvalue weighted by atomic mass is 35.5. The van der Waals surface area contributed by atoms with Crippen LogP contribution in [0.1, 0.15) is 43.0 Å². The van der Waals surface area contributed by atoms with Gasteiger partial charge in [-0.05, 0) is 31.7 Å². The van der Waals surface area contributed by atoms with Crippen molar-refractivity contribution in [3.63, 3.8) is 0 Å². The lowest BCUT2D eigenvalue weighted by Gasteiger charge is -2.20. The molecule has 0 spiro atoms. The Morgan fingerprint density at radius 3 is 2.80 bits per heavy atom. The second-order valence-electron chi connectivity index (χ2n) is 5.06. The van der Waals surface area contributed by atoms with E-state index in [2.05, 4.69) is 10.3 Å². The monoisotopic (exact) mass is 297 g/mol. The van der Waals surface area contributed by atoms with E-state index in [9.17, 15) is 14.9 Å². The Morgan fingerprint density at radius 2 is 2.20 bits per heavy atom. The van der Waals surface area contributed by atoms with Crippen LogP contribution in [0.15, 0.2) is 12.3 Å². The Kier molecular flexibility index (Phi) is 4.54. The number of rotatable bonds is 4. The van der Waals surface area contributed by atoms with Gasteiger partial charge in [-0.1, -0.05) is 24.4 Å². The van der Waals surface area contributed by atoms with Crippen molar-refractivity contribution in [3.05, 3.63) is 33.1 Å². The third-order valence-corrected chi connectivity index (χ3v) is 4.05. The lowest BCUT2D eigenvalue weighted by atomic mass is 9.99. The first-order valence-electron chi connectivity index (χ1n) is 6.60. The minimum absolute atomic E-state index is 0.00320. The van der Waals surface area contributed by atoms with E-state index in [1.807, 2.05) is 6.92 Å². The summed E-state index contributed by atoms with van der Waals surface area (Å²) in [6.07, 6.45) is 5.81. The van der Waals surface area contributed by atoms with Gasteiger partial charge in [0.1, 0.15) is 5.56 Å². The smallest absolute Gasteiger partial charge is 0.319 e. The largest absolute Gasteiger partial charge is 0.349 e. The number of carbonyl (C=O) groups excluding carboxylic acids is 1. The van der Waals surface area contributed by atoms with E-state index in [1.54, 1.807) is 0 Å². The fourth-order valence-electron chi connectivity index (χ4n) is 2.65. The number of nitro groups is 1. The van der Waals surface area contributed by atoms with Crippen LogP contribution in [0.2, 0.25) is 5.15 Å². The number of aromatic nitrogens is 1. The van der Waals surface area contributed by atoms with E-state index < -0.39 is 16.5 Å². The molecule has 1 heterocycles. The van der Waals surface area contributed by atoms with Crippen molar-refractivity contribution >= 4 is 23.2 Å². The molecule has 1 aliphatic carbocycles. The molecule has 1 aromatic rings. The molecule has 20 heavy (non-hydrogen) atoms. The Bertz CT molecular complexity index is 530. The van der Waals surface area contributed by atoms with Gasteiger partial charge in [0.25, 0.3) is 5.91 Å². The summed E-state index contributed by atoms with van der Waals surface area (Å²) in [6.45, 7) is 1.93. The summed E-state index contributed by atoms with van der Waals surface area (Å²) in [5, 5.41) is 13.6. The van der Waals surface area contributed by atoms with Crippen LogP contribution in [-0.2, 0) is 0 Å². The normalized spacial score (nSPS) is 16.9. The maximum atomic E-state index is 12.2. The lowest BCUT2D eigenvalue weighted by molar-refractivity contribution is -0.385. The van der Waals surface area contributed by atoms with Gasteiger partial charge in [0.2, 0.25) is 5.15 Å². The van der Waals surface area contributed by atoms with E-state index in [-0.39, 0.29) is 16.8 Å². The van der Waals surface area contributed by atoms with E-state index >= 15 is 0 Å². The van der Waals surface area contributed by atoms with E-state index in [0.717, 1.165) is 12.8 Å². The quantitative estimate of drug-likeness (QED) is 0.526. The topological polar surface area (TPSA) is 85.1 Å². The van der Waals surface area contributed by atoms with Crippen molar-refractivity contribution in [1.82, 2.24) is 10.3 Å². The van der Waals surface area contributed by atoms with Crippen LogP contribution in [0.5, 0.6) is 0 Å². The molecule has 0 bridgehead atoms. The maximum absolute atomic E-state index is 12.2.